The van der Waals surface area contributed by atoms with Crippen LogP contribution in [-0.2, 0) is 0 Å². The summed E-state index contributed by atoms with van der Waals surface area (Å²) in [6.45, 7) is 6.03. The predicted octanol–water partition coefficient (Wildman–Crippen LogP) is 3.53. The van der Waals surface area contributed by atoms with Gasteiger partial charge in [-0.15, -0.1) is 0 Å². The molecule has 1 saturated heterocycles. The zero-order chi connectivity index (χ0) is 16.9. The van der Waals surface area contributed by atoms with Crippen LogP contribution in [0.1, 0.15) is 29.2 Å². The number of aryl methyl sites for hydroxylation is 1. The molecule has 2 aromatic rings. The molecule has 0 aromatic heterocycles. The van der Waals surface area contributed by atoms with Crippen LogP contribution in [0.3, 0.4) is 0 Å². The number of halogens is 1. The summed E-state index contributed by atoms with van der Waals surface area (Å²) in [5.41, 5.74) is 3.40. The van der Waals surface area contributed by atoms with Crippen LogP contribution in [0.25, 0.3) is 0 Å². The number of hydrogen-bond acceptors (Lipinski definition) is 3. The van der Waals surface area contributed by atoms with E-state index in [1.165, 1.54) is 18.2 Å². The van der Waals surface area contributed by atoms with Gasteiger partial charge in [-0.2, -0.15) is 0 Å². The van der Waals surface area contributed by atoms with Gasteiger partial charge < -0.3 is 10.1 Å². The molecule has 0 amide bonds. The van der Waals surface area contributed by atoms with E-state index >= 15 is 0 Å². The first-order valence-electron chi connectivity index (χ1n) is 8.54. The van der Waals surface area contributed by atoms with Crippen molar-refractivity contribution in [3.05, 3.63) is 65.0 Å². The Morgan fingerprint density at radius 3 is 2.50 bits per heavy atom. The summed E-state index contributed by atoms with van der Waals surface area (Å²) in [4.78, 5) is 2.44. The van der Waals surface area contributed by atoms with E-state index in [-0.39, 0.29) is 11.9 Å². The molecule has 1 aliphatic heterocycles. The van der Waals surface area contributed by atoms with Gasteiger partial charge in [-0.05, 0) is 43.1 Å². The molecule has 3 rings (SSSR count). The standard InChI is InChI=1S/C20H25FN2O/c1-15-4-6-16(7-5-15)20(23-12-3-10-22-11-13-23)17-8-9-19(24-2)18(21)14-17/h4-9,14,20,22H,3,10-13H2,1-2H3. The molecule has 1 unspecified atom stereocenters. The molecular weight excluding hydrogens is 303 g/mol. The van der Waals surface area contributed by atoms with Crippen LogP contribution < -0.4 is 10.1 Å². The summed E-state index contributed by atoms with van der Waals surface area (Å²) < 4.78 is 19.4. The number of benzene rings is 2. The highest BCUT2D eigenvalue weighted by molar-refractivity contribution is 5.37. The fraction of sp³-hybridized carbons (Fsp3) is 0.400. The van der Waals surface area contributed by atoms with Crippen LogP contribution in [0.5, 0.6) is 5.75 Å². The van der Waals surface area contributed by atoms with E-state index < -0.39 is 0 Å². The van der Waals surface area contributed by atoms with E-state index in [0.717, 1.165) is 38.2 Å². The normalized spacial score (nSPS) is 17.3. The lowest BCUT2D eigenvalue weighted by molar-refractivity contribution is 0.240. The number of rotatable bonds is 4. The minimum Gasteiger partial charge on any atom is -0.494 e. The second kappa shape index (κ2) is 7.77. The van der Waals surface area contributed by atoms with E-state index in [1.54, 1.807) is 12.1 Å². The van der Waals surface area contributed by atoms with Gasteiger partial charge in [0.1, 0.15) is 0 Å². The van der Waals surface area contributed by atoms with E-state index in [2.05, 4.69) is 41.4 Å². The van der Waals surface area contributed by atoms with E-state index in [4.69, 9.17) is 4.74 Å². The van der Waals surface area contributed by atoms with Crippen molar-refractivity contribution in [2.45, 2.75) is 19.4 Å². The Balaban J connectivity index is 2.00. The maximum Gasteiger partial charge on any atom is 0.165 e. The summed E-state index contributed by atoms with van der Waals surface area (Å²) in [7, 11) is 1.50. The second-order valence-electron chi connectivity index (χ2n) is 6.35. The van der Waals surface area contributed by atoms with Gasteiger partial charge in [-0.1, -0.05) is 35.9 Å². The van der Waals surface area contributed by atoms with Gasteiger partial charge in [0, 0.05) is 19.6 Å². The van der Waals surface area contributed by atoms with Crippen LogP contribution in [0, 0.1) is 12.7 Å². The molecule has 2 aromatic carbocycles. The molecule has 1 fully saturated rings. The van der Waals surface area contributed by atoms with Crippen LogP contribution in [-0.4, -0.2) is 38.2 Å². The molecule has 0 radical (unpaired) electrons. The molecule has 1 heterocycles. The van der Waals surface area contributed by atoms with Gasteiger partial charge in [0.15, 0.2) is 11.6 Å². The molecule has 1 atom stereocenters. The van der Waals surface area contributed by atoms with Gasteiger partial charge in [-0.25, -0.2) is 4.39 Å². The van der Waals surface area contributed by atoms with Gasteiger partial charge in [-0.3, -0.25) is 4.90 Å². The summed E-state index contributed by atoms with van der Waals surface area (Å²) in [6.07, 6.45) is 1.10. The van der Waals surface area contributed by atoms with Gasteiger partial charge in [0.25, 0.3) is 0 Å². The van der Waals surface area contributed by atoms with Crippen LogP contribution in [0.4, 0.5) is 4.39 Å². The Bertz CT molecular complexity index is 664. The Kier molecular flexibility index (Phi) is 5.48. The highest BCUT2D eigenvalue weighted by atomic mass is 19.1. The molecule has 3 nitrogen and oxygen atoms in total. The minimum atomic E-state index is -0.306. The first-order valence-corrected chi connectivity index (χ1v) is 8.54. The Morgan fingerprint density at radius 2 is 1.79 bits per heavy atom. The number of hydrogen-bond donors (Lipinski definition) is 1. The fourth-order valence-corrected chi connectivity index (χ4v) is 3.34. The van der Waals surface area contributed by atoms with Crippen LogP contribution in [0.15, 0.2) is 42.5 Å². The first kappa shape index (κ1) is 16.9. The number of ether oxygens (including phenoxy) is 1. The summed E-state index contributed by atoms with van der Waals surface area (Å²) in [5.74, 6) is -0.0148. The lowest BCUT2D eigenvalue weighted by Crippen LogP contribution is -2.33. The highest BCUT2D eigenvalue weighted by Gasteiger charge is 2.24. The molecule has 1 aliphatic rings. The Labute approximate surface area is 143 Å². The zero-order valence-electron chi connectivity index (χ0n) is 14.4. The molecule has 4 heteroatoms. The quantitative estimate of drug-likeness (QED) is 0.929. The number of nitrogens with zero attached hydrogens (tertiary/aromatic N) is 1. The van der Waals surface area contributed by atoms with Gasteiger partial charge >= 0.3 is 0 Å². The summed E-state index contributed by atoms with van der Waals surface area (Å²) >= 11 is 0. The van der Waals surface area contributed by atoms with Crippen molar-refractivity contribution >= 4 is 0 Å². The summed E-state index contributed by atoms with van der Waals surface area (Å²) in [5, 5.41) is 3.44. The smallest absolute Gasteiger partial charge is 0.165 e. The summed E-state index contributed by atoms with van der Waals surface area (Å²) in [6, 6.07) is 13.9. The Morgan fingerprint density at radius 1 is 1.04 bits per heavy atom. The molecule has 1 N–H and O–H groups in total. The van der Waals surface area contributed by atoms with Crippen LogP contribution >= 0.6 is 0 Å². The monoisotopic (exact) mass is 328 g/mol. The maximum atomic E-state index is 14.3. The molecule has 0 spiro atoms. The SMILES string of the molecule is COc1ccc(C(c2ccc(C)cc2)N2CCCNCC2)cc1F. The number of nitrogens with one attached hydrogen (secondary N) is 1. The van der Waals surface area contributed by atoms with Gasteiger partial charge in [0.05, 0.1) is 13.2 Å². The second-order valence-corrected chi connectivity index (χ2v) is 6.35. The van der Waals surface area contributed by atoms with E-state index in [1.807, 2.05) is 6.07 Å². The van der Waals surface area contributed by atoms with Crippen molar-refractivity contribution in [1.82, 2.24) is 10.2 Å². The molecule has 0 aliphatic carbocycles. The van der Waals surface area contributed by atoms with Crippen molar-refractivity contribution in [2.75, 3.05) is 33.3 Å². The third-order valence-electron chi connectivity index (χ3n) is 4.62. The first-order chi connectivity index (χ1) is 11.7. The minimum absolute atomic E-state index is 0.0610. The third-order valence-corrected chi connectivity index (χ3v) is 4.62. The zero-order valence-corrected chi connectivity index (χ0v) is 14.4. The van der Waals surface area contributed by atoms with E-state index in [0.29, 0.717) is 5.75 Å². The van der Waals surface area contributed by atoms with Crippen molar-refractivity contribution in [1.29, 1.82) is 0 Å². The lowest BCUT2D eigenvalue weighted by atomic mass is 9.95. The van der Waals surface area contributed by atoms with E-state index in [9.17, 15) is 4.39 Å². The van der Waals surface area contributed by atoms with Gasteiger partial charge in [0.2, 0.25) is 0 Å². The predicted molar refractivity (Wildman–Crippen MR) is 95.0 cm³/mol. The average molecular weight is 328 g/mol. The maximum absolute atomic E-state index is 14.3. The Hall–Kier alpha value is -1.91. The molecule has 0 saturated carbocycles. The third kappa shape index (κ3) is 3.77. The molecule has 128 valence electrons. The highest BCUT2D eigenvalue weighted by Crippen LogP contribution is 2.31. The van der Waals surface area contributed by atoms with Crippen molar-refractivity contribution < 1.29 is 9.13 Å². The van der Waals surface area contributed by atoms with Crippen molar-refractivity contribution in [3.8, 4) is 5.75 Å². The lowest BCUT2D eigenvalue weighted by Gasteiger charge is -2.31. The van der Waals surface area contributed by atoms with Crippen LogP contribution in [0.2, 0.25) is 0 Å². The van der Waals surface area contributed by atoms with Crippen molar-refractivity contribution in [2.24, 2.45) is 0 Å². The molecule has 0 bridgehead atoms. The largest absolute Gasteiger partial charge is 0.494 e. The average Bonchev–Trinajstić information content (AvgIpc) is 2.86. The molecular formula is C20H25FN2O. The number of methoxy groups -OCH3 is 1. The van der Waals surface area contributed by atoms with Crippen molar-refractivity contribution in [3.63, 3.8) is 0 Å². The molecule has 24 heavy (non-hydrogen) atoms. The fourth-order valence-electron chi connectivity index (χ4n) is 3.34. The topological polar surface area (TPSA) is 24.5 Å².